The van der Waals surface area contributed by atoms with Crippen LogP contribution in [0.1, 0.15) is 19.2 Å². The van der Waals surface area contributed by atoms with Crippen molar-refractivity contribution in [3.8, 4) is 28.7 Å². The van der Waals surface area contributed by atoms with E-state index in [4.69, 9.17) is 18.6 Å². The fourth-order valence-electron chi connectivity index (χ4n) is 2.59. The van der Waals surface area contributed by atoms with Gasteiger partial charge in [-0.25, -0.2) is 9.89 Å². The molecule has 1 aromatic carbocycles. The second-order valence-electron chi connectivity index (χ2n) is 5.67. The molecule has 0 spiro atoms. The summed E-state index contributed by atoms with van der Waals surface area (Å²) in [7, 11) is 4.61. The standard InChI is InChI=1S/C17H21N5O5S/c1-5-6-22-16(23)20-21-17(22)28-9-13-18-19-15(27-13)10-7-11(24-2)14(26-4)12(8-10)25-3/h7-8H,5-6,9H2,1-4H3,(H,20,23). The predicted molar refractivity (Wildman–Crippen MR) is 102 cm³/mol. The molecular weight excluding hydrogens is 386 g/mol. The average molecular weight is 407 g/mol. The summed E-state index contributed by atoms with van der Waals surface area (Å²) in [6.45, 7) is 2.59. The molecule has 28 heavy (non-hydrogen) atoms. The van der Waals surface area contributed by atoms with E-state index in [0.29, 0.717) is 52.0 Å². The Kier molecular flexibility index (Phi) is 6.24. The molecule has 0 fully saturated rings. The molecule has 0 saturated heterocycles. The zero-order valence-electron chi connectivity index (χ0n) is 16.0. The molecule has 0 saturated carbocycles. The van der Waals surface area contributed by atoms with E-state index < -0.39 is 0 Å². The molecule has 0 amide bonds. The number of thioether (sulfide) groups is 1. The minimum atomic E-state index is -0.229. The summed E-state index contributed by atoms with van der Waals surface area (Å²) in [6.07, 6.45) is 0.832. The molecule has 0 radical (unpaired) electrons. The Morgan fingerprint density at radius 1 is 1.14 bits per heavy atom. The first-order valence-corrected chi connectivity index (χ1v) is 9.50. The SMILES string of the molecule is CCCn1c(SCc2nnc(-c3cc(OC)c(OC)c(OC)c3)o2)n[nH]c1=O. The number of benzene rings is 1. The number of aromatic nitrogens is 5. The average Bonchev–Trinajstić information content (AvgIpc) is 3.33. The van der Waals surface area contributed by atoms with Crippen molar-refractivity contribution < 1.29 is 18.6 Å². The van der Waals surface area contributed by atoms with E-state index in [1.54, 1.807) is 16.7 Å². The highest BCUT2D eigenvalue weighted by Crippen LogP contribution is 2.41. The van der Waals surface area contributed by atoms with E-state index in [-0.39, 0.29) is 5.69 Å². The van der Waals surface area contributed by atoms with Crippen molar-refractivity contribution in [2.75, 3.05) is 21.3 Å². The van der Waals surface area contributed by atoms with Crippen LogP contribution in [0.2, 0.25) is 0 Å². The van der Waals surface area contributed by atoms with Gasteiger partial charge in [-0.1, -0.05) is 18.7 Å². The van der Waals surface area contributed by atoms with Crippen LogP contribution in [-0.2, 0) is 12.3 Å². The third-order valence-electron chi connectivity index (χ3n) is 3.87. The van der Waals surface area contributed by atoms with Gasteiger partial charge in [0.15, 0.2) is 16.7 Å². The normalized spacial score (nSPS) is 10.9. The summed E-state index contributed by atoms with van der Waals surface area (Å²) in [4.78, 5) is 11.7. The van der Waals surface area contributed by atoms with Gasteiger partial charge in [-0.2, -0.15) is 0 Å². The Bertz CT molecular complexity index is 971. The van der Waals surface area contributed by atoms with Crippen molar-refractivity contribution in [3.05, 3.63) is 28.5 Å². The Hall–Kier alpha value is -2.95. The molecule has 10 nitrogen and oxygen atoms in total. The first kappa shape index (κ1) is 19.8. The molecule has 1 N–H and O–H groups in total. The number of methoxy groups -OCH3 is 3. The maximum atomic E-state index is 11.7. The number of hydrogen-bond donors (Lipinski definition) is 1. The van der Waals surface area contributed by atoms with Crippen LogP contribution in [0.5, 0.6) is 17.2 Å². The van der Waals surface area contributed by atoms with E-state index >= 15 is 0 Å². The summed E-state index contributed by atoms with van der Waals surface area (Å²) < 4.78 is 23.3. The van der Waals surface area contributed by atoms with Gasteiger partial charge in [-0.3, -0.25) is 4.57 Å². The number of nitrogens with zero attached hydrogens (tertiary/aromatic N) is 4. The Morgan fingerprint density at radius 3 is 2.46 bits per heavy atom. The first-order valence-electron chi connectivity index (χ1n) is 8.52. The maximum absolute atomic E-state index is 11.7. The molecule has 11 heteroatoms. The fraction of sp³-hybridized carbons (Fsp3) is 0.412. The number of ether oxygens (including phenoxy) is 3. The van der Waals surface area contributed by atoms with Gasteiger partial charge in [-0.15, -0.1) is 15.3 Å². The van der Waals surface area contributed by atoms with E-state index in [1.165, 1.54) is 33.1 Å². The van der Waals surface area contributed by atoms with Gasteiger partial charge in [0.2, 0.25) is 17.5 Å². The quantitative estimate of drug-likeness (QED) is 0.533. The van der Waals surface area contributed by atoms with Crippen LogP contribution >= 0.6 is 11.8 Å². The van der Waals surface area contributed by atoms with Gasteiger partial charge in [-0.05, 0) is 18.6 Å². The highest BCUT2D eigenvalue weighted by atomic mass is 32.2. The first-order chi connectivity index (χ1) is 13.6. The van der Waals surface area contributed by atoms with Crippen molar-refractivity contribution in [2.45, 2.75) is 30.8 Å². The highest BCUT2D eigenvalue weighted by molar-refractivity contribution is 7.98. The Labute approximate surface area is 165 Å². The lowest BCUT2D eigenvalue weighted by molar-refractivity contribution is 0.324. The minimum Gasteiger partial charge on any atom is -0.493 e. The molecule has 3 rings (SSSR count). The lowest BCUT2D eigenvalue weighted by Crippen LogP contribution is -2.17. The summed E-state index contributed by atoms with van der Waals surface area (Å²) in [5.74, 6) is 2.58. The Balaban J connectivity index is 1.80. The van der Waals surface area contributed by atoms with Crippen LogP contribution in [0.3, 0.4) is 0 Å². The zero-order chi connectivity index (χ0) is 20.1. The summed E-state index contributed by atoms with van der Waals surface area (Å²) in [5.41, 5.74) is 0.411. The van der Waals surface area contributed by atoms with Crippen molar-refractivity contribution in [1.82, 2.24) is 25.0 Å². The van der Waals surface area contributed by atoms with Crippen LogP contribution in [0.15, 0.2) is 26.5 Å². The molecule has 0 bridgehead atoms. The van der Waals surface area contributed by atoms with Crippen LogP contribution in [0.25, 0.3) is 11.5 Å². The lowest BCUT2D eigenvalue weighted by Gasteiger charge is -2.12. The molecule has 0 aliphatic heterocycles. The van der Waals surface area contributed by atoms with Crippen molar-refractivity contribution in [1.29, 1.82) is 0 Å². The van der Waals surface area contributed by atoms with Gasteiger partial charge in [0, 0.05) is 12.1 Å². The number of nitrogens with one attached hydrogen (secondary N) is 1. The summed E-state index contributed by atoms with van der Waals surface area (Å²) in [5, 5.41) is 15.2. The van der Waals surface area contributed by atoms with Gasteiger partial charge in [0.1, 0.15) is 0 Å². The van der Waals surface area contributed by atoms with Gasteiger partial charge < -0.3 is 18.6 Å². The number of H-pyrrole nitrogens is 1. The molecule has 0 aliphatic carbocycles. The largest absolute Gasteiger partial charge is 0.493 e. The molecule has 3 aromatic rings. The molecule has 0 atom stereocenters. The zero-order valence-corrected chi connectivity index (χ0v) is 16.8. The maximum Gasteiger partial charge on any atom is 0.343 e. The molecule has 150 valence electrons. The van der Waals surface area contributed by atoms with Crippen LogP contribution in [-0.4, -0.2) is 46.3 Å². The lowest BCUT2D eigenvalue weighted by atomic mass is 10.2. The van der Waals surface area contributed by atoms with E-state index in [2.05, 4.69) is 20.4 Å². The van der Waals surface area contributed by atoms with Crippen molar-refractivity contribution in [3.63, 3.8) is 0 Å². The van der Waals surface area contributed by atoms with E-state index in [9.17, 15) is 4.79 Å². The summed E-state index contributed by atoms with van der Waals surface area (Å²) >= 11 is 1.35. The van der Waals surface area contributed by atoms with Gasteiger partial charge >= 0.3 is 5.69 Å². The summed E-state index contributed by atoms with van der Waals surface area (Å²) in [6, 6.07) is 3.47. The third-order valence-corrected chi connectivity index (χ3v) is 4.83. The molecule has 0 unspecified atom stereocenters. The van der Waals surface area contributed by atoms with Gasteiger partial charge in [0.05, 0.1) is 27.1 Å². The smallest absolute Gasteiger partial charge is 0.343 e. The minimum absolute atomic E-state index is 0.229. The topological polar surface area (TPSA) is 117 Å². The van der Waals surface area contributed by atoms with Crippen LogP contribution in [0.4, 0.5) is 0 Å². The van der Waals surface area contributed by atoms with E-state index in [0.717, 1.165) is 6.42 Å². The number of rotatable bonds is 9. The van der Waals surface area contributed by atoms with Gasteiger partial charge in [0.25, 0.3) is 0 Å². The number of hydrogen-bond acceptors (Lipinski definition) is 9. The van der Waals surface area contributed by atoms with E-state index in [1.807, 2.05) is 6.92 Å². The van der Waals surface area contributed by atoms with Crippen LogP contribution < -0.4 is 19.9 Å². The number of aromatic amines is 1. The highest BCUT2D eigenvalue weighted by Gasteiger charge is 2.18. The second kappa shape index (κ2) is 8.83. The molecule has 2 aromatic heterocycles. The van der Waals surface area contributed by atoms with Crippen molar-refractivity contribution >= 4 is 11.8 Å². The Morgan fingerprint density at radius 2 is 1.86 bits per heavy atom. The fourth-order valence-corrected chi connectivity index (χ4v) is 3.40. The third kappa shape index (κ3) is 3.98. The molecule has 2 heterocycles. The monoisotopic (exact) mass is 407 g/mol. The second-order valence-corrected chi connectivity index (χ2v) is 6.61. The van der Waals surface area contributed by atoms with Crippen LogP contribution in [0, 0.1) is 0 Å². The molecule has 0 aliphatic rings. The van der Waals surface area contributed by atoms with Crippen molar-refractivity contribution in [2.24, 2.45) is 0 Å². The molecular formula is C17H21N5O5S. The predicted octanol–water partition coefficient (Wildman–Crippen LogP) is 2.35.